The Bertz CT molecular complexity index is 570. The number of benzene rings is 1. The van der Waals surface area contributed by atoms with Gasteiger partial charge in [0.25, 0.3) is 0 Å². The number of nitrogens with two attached hydrogens (primary N) is 1. The van der Waals surface area contributed by atoms with E-state index in [4.69, 9.17) is 10.8 Å². The molecule has 0 saturated carbocycles. The highest BCUT2D eigenvalue weighted by atomic mass is 32.2. The number of thioether (sulfide) groups is 1. The zero-order valence-corrected chi connectivity index (χ0v) is 11.1. The van der Waals surface area contributed by atoms with E-state index >= 15 is 0 Å². The fourth-order valence-electron chi connectivity index (χ4n) is 1.60. The van der Waals surface area contributed by atoms with Gasteiger partial charge >= 0.3 is 5.97 Å². The molecule has 1 heterocycles. The number of carboxylic acid groups (broad SMARTS) is 1. The van der Waals surface area contributed by atoms with Crippen molar-refractivity contribution in [3.63, 3.8) is 0 Å². The number of anilines is 1. The molecule has 19 heavy (non-hydrogen) atoms. The van der Waals surface area contributed by atoms with Crippen LogP contribution in [0.25, 0.3) is 0 Å². The standard InChI is InChI=1S/C14H14N2O2S/c15-12-2-1-7-16-14(12)19-9-11-5-3-10(4-6-11)8-13(17)18/h1-7H,8-9,15H2,(H,17,18). The van der Waals surface area contributed by atoms with Crippen LogP contribution < -0.4 is 5.73 Å². The predicted molar refractivity (Wildman–Crippen MR) is 76.0 cm³/mol. The molecule has 0 bridgehead atoms. The lowest BCUT2D eigenvalue weighted by Crippen LogP contribution is -1.99. The second-order valence-electron chi connectivity index (χ2n) is 4.07. The first kappa shape index (κ1) is 13.4. The van der Waals surface area contributed by atoms with Crippen LogP contribution in [0.1, 0.15) is 11.1 Å². The zero-order chi connectivity index (χ0) is 13.7. The van der Waals surface area contributed by atoms with E-state index in [1.54, 1.807) is 24.0 Å². The summed E-state index contributed by atoms with van der Waals surface area (Å²) in [4.78, 5) is 14.8. The molecule has 0 aliphatic rings. The van der Waals surface area contributed by atoms with Gasteiger partial charge in [0.1, 0.15) is 5.03 Å². The first-order valence-corrected chi connectivity index (χ1v) is 6.76. The normalized spacial score (nSPS) is 10.3. The number of pyridine rings is 1. The topological polar surface area (TPSA) is 76.2 Å². The van der Waals surface area contributed by atoms with Crippen molar-refractivity contribution in [2.75, 3.05) is 5.73 Å². The van der Waals surface area contributed by atoms with Crippen LogP contribution >= 0.6 is 11.8 Å². The maximum absolute atomic E-state index is 10.6. The van der Waals surface area contributed by atoms with Gasteiger partial charge in [0.05, 0.1) is 12.1 Å². The van der Waals surface area contributed by atoms with Crippen molar-refractivity contribution in [1.82, 2.24) is 4.98 Å². The van der Waals surface area contributed by atoms with Crippen molar-refractivity contribution < 1.29 is 9.90 Å². The highest BCUT2D eigenvalue weighted by Crippen LogP contribution is 2.25. The van der Waals surface area contributed by atoms with Crippen LogP contribution in [0.4, 0.5) is 5.69 Å². The summed E-state index contributed by atoms with van der Waals surface area (Å²) in [7, 11) is 0. The van der Waals surface area contributed by atoms with E-state index in [1.165, 1.54) is 0 Å². The number of nitrogen functional groups attached to an aromatic ring is 1. The Hall–Kier alpha value is -2.01. The minimum absolute atomic E-state index is 0.0562. The van der Waals surface area contributed by atoms with Gasteiger partial charge in [-0.2, -0.15) is 0 Å². The lowest BCUT2D eigenvalue weighted by molar-refractivity contribution is -0.136. The van der Waals surface area contributed by atoms with Crippen molar-refractivity contribution in [2.45, 2.75) is 17.2 Å². The highest BCUT2D eigenvalue weighted by molar-refractivity contribution is 7.98. The number of nitrogens with zero attached hydrogens (tertiary/aromatic N) is 1. The van der Waals surface area contributed by atoms with Gasteiger partial charge in [0, 0.05) is 11.9 Å². The van der Waals surface area contributed by atoms with Crippen LogP contribution in [-0.4, -0.2) is 16.1 Å². The monoisotopic (exact) mass is 274 g/mol. The SMILES string of the molecule is Nc1cccnc1SCc1ccc(CC(=O)O)cc1. The van der Waals surface area contributed by atoms with Gasteiger partial charge in [-0.3, -0.25) is 4.79 Å². The predicted octanol–water partition coefficient (Wildman–Crippen LogP) is 2.58. The third-order valence-electron chi connectivity index (χ3n) is 2.55. The molecule has 0 aliphatic heterocycles. The third-order valence-corrected chi connectivity index (χ3v) is 3.65. The maximum Gasteiger partial charge on any atom is 0.307 e. The average Bonchev–Trinajstić information content (AvgIpc) is 2.39. The molecule has 0 saturated heterocycles. The number of hydrogen-bond donors (Lipinski definition) is 2. The Morgan fingerprint density at radius 3 is 2.53 bits per heavy atom. The lowest BCUT2D eigenvalue weighted by Gasteiger charge is -2.04. The van der Waals surface area contributed by atoms with Crippen molar-refractivity contribution >= 4 is 23.4 Å². The van der Waals surface area contributed by atoms with Crippen LogP contribution in [0.15, 0.2) is 47.6 Å². The molecule has 4 nitrogen and oxygen atoms in total. The lowest BCUT2D eigenvalue weighted by atomic mass is 10.1. The molecule has 2 rings (SSSR count). The number of hydrogen-bond acceptors (Lipinski definition) is 4. The van der Waals surface area contributed by atoms with Crippen LogP contribution in [0.5, 0.6) is 0 Å². The molecule has 5 heteroatoms. The number of rotatable bonds is 5. The second kappa shape index (κ2) is 6.24. The summed E-state index contributed by atoms with van der Waals surface area (Å²) in [5.41, 5.74) is 8.41. The summed E-state index contributed by atoms with van der Waals surface area (Å²) in [5.74, 6) is -0.0578. The first-order valence-electron chi connectivity index (χ1n) is 5.78. The molecule has 0 spiro atoms. The smallest absolute Gasteiger partial charge is 0.307 e. The van der Waals surface area contributed by atoms with Crippen molar-refractivity contribution in [3.05, 3.63) is 53.7 Å². The number of aliphatic carboxylic acids is 1. The zero-order valence-electron chi connectivity index (χ0n) is 10.2. The summed E-state index contributed by atoms with van der Waals surface area (Å²) in [6.45, 7) is 0. The number of aromatic nitrogens is 1. The second-order valence-corrected chi connectivity index (χ2v) is 5.04. The third kappa shape index (κ3) is 3.99. The molecule has 98 valence electrons. The van der Waals surface area contributed by atoms with Crippen LogP contribution in [-0.2, 0) is 17.0 Å². The fraction of sp³-hybridized carbons (Fsp3) is 0.143. The molecular weight excluding hydrogens is 260 g/mol. The molecular formula is C14H14N2O2S. The van der Waals surface area contributed by atoms with Gasteiger partial charge < -0.3 is 10.8 Å². The van der Waals surface area contributed by atoms with Gasteiger partial charge in [-0.25, -0.2) is 4.98 Å². The molecule has 2 aromatic rings. The summed E-state index contributed by atoms with van der Waals surface area (Å²) in [6.07, 6.45) is 1.77. The van der Waals surface area contributed by atoms with Gasteiger partial charge in [-0.1, -0.05) is 36.0 Å². The van der Waals surface area contributed by atoms with Crippen LogP contribution in [0.2, 0.25) is 0 Å². The Morgan fingerprint density at radius 1 is 1.21 bits per heavy atom. The van der Waals surface area contributed by atoms with Gasteiger partial charge in [-0.15, -0.1) is 0 Å². The summed E-state index contributed by atoms with van der Waals surface area (Å²) in [6, 6.07) is 11.2. The summed E-state index contributed by atoms with van der Waals surface area (Å²) in [5, 5.41) is 9.51. The quantitative estimate of drug-likeness (QED) is 0.819. The molecule has 0 unspecified atom stereocenters. The molecule has 0 atom stereocenters. The van der Waals surface area contributed by atoms with E-state index in [9.17, 15) is 4.79 Å². The van der Waals surface area contributed by atoms with Crippen molar-refractivity contribution in [3.8, 4) is 0 Å². The number of carboxylic acids is 1. The van der Waals surface area contributed by atoms with E-state index < -0.39 is 5.97 Å². The van der Waals surface area contributed by atoms with E-state index in [2.05, 4.69) is 4.98 Å². The molecule has 0 fully saturated rings. The van der Waals surface area contributed by atoms with Crippen LogP contribution in [0, 0.1) is 0 Å². The molecule has 1 aromatic carbocycles. The Morgan fingerprint density at radius 2 is 1.89 bits per heavy atom. The van der Waals surface area contributed by atoms with Crippen molar-refractivity contribution in [1.29, 1.82) is 0 Å². The largest absolute Gasteiger partial charge is 0.481 e. The Kier molecular flexibility index (Phi) is 4.41. The van der Waals surface area contributed by atoms with E-state index in [0.29, 0.717) is 5.69 Å². The van der Waals surface area contributed by atoms with E-state index in [1.807, 2.05) is 30.3 Å². The van der Waals surface area contributed by atoms with Gasteiger partial charge in [0.2, 0.25) is 0 Å². The van der Waals surface area contributed by atoms with Crippen molar-refractivity contribution in [2.24, 2.45) is 0 Å². The summed E-state index contributed by atoms with van der Waals surface area (Å²) >= 11 is 1.57. The molecule has 0 aliphatic carbocycles. The van der Waals surface area contributed by atoms with Crippen LogP contribution in [0.3, 0.4) is 0 Å². The summed E-state index contributed by atoms with van der Waals surface area (Å²) < 4.78 is 0. The molecule has 0 amide bonds. The van der Waals surface area contributed by atoms with Gasteiger partial charge in [0.15, 0.2) is 0 Å². The Labute approximate surface area is 115 Å². The van der Waals surface area contributed by atoms with E-state index in [-0.39, 0.29) is 6.42 Å². The fourth-order valence-corrected chi connectivity index (χ4v) is 2.47. The minimum atomic E-state index is -0.816. The average molecular weight is 274 g/mol. The van der Waals surface area contributed by atoms with Gasteiger partial charge in [-0.05, 0) is 23.3 Å². The molecule has 3 N–H and O–H groups in total. The Balaban J connectivity index is 1.97. The molecule has 1 aromatic heterocycles. The minimum Gasteiger partial charge on any atom is -0.481 e. The first-order chi connectivity index (χ1) is 9.15. The molecule has 0 radical (unpaired) electrons. The van der Waals surface area contributed by atoms with E-state index in [0.717, 1.165) is 21.9 Å². The highest BCUT2D eigenvalue weighted by Gasteiger charge is 2.03. The maximum atomic E-state index is 10.6. The number of carbonyl (C=O) groups is 1.